The third kappa shape index (κ3) is 3.18. The molecule has 0 saturated carbocycles. The predicted octanol–water partition coefficient (Wildman–Crippen LogP) is 1.31. The Balaban J connectivity index is 2.42. The van der Waals surface area contributed by atoms with Gasteiger partial charge >= 0.3 is 0 Å². The van der Waals surface area contributed by atoms with Gasteiger partial charge in [0.1, 0.15) is 6.10 Å². The number of hydrogen-bond acceptors (Lipinski definition) is 3. The summed E-state index contributed by atoms with van der Waals surface area (Å²) >= 11 is 0. The highest BCUT2D eigenvalue weighted by molar-refractivity contribution is 5.51. The van der Waals surface area contributed by atoms with E-state index in [0.29, 0.717) is 11.4 Å². The minimum absolute atomic E-state index is 0.179. The van der Waals surface area contributed by atoms with Crippen molar-refractivity contribution in [2.24, 2.45) is 0 Å². The first-order chi connectivity index (χ1) is 6.59. The number of halogens is 2. The fourth-order valence-corrected chi connectivity index (χ4v) is 0.912. The lowest BCUT2D eigenvalue weighted by atomic mass is 10.2. The van der Waals surface area contributed by atoms with Crippen molar-refractivity contribution in [3.8, 4) is 0 Å². The molecule has 4 N–H and O–H groups in total. The molecule has 1 atom stereocenters. The third-order valence-corrected chi connectivity index (χ3v) is 1.72. The van der Waals surface area contributed by atoms with E-state index in [1.165, 1.54) is 0 Å². The maximum absolute atomic E-state index is 11.9. The van der Waals surface area contributed by atoms with Gasteiger partial charge in [0.15, 0.2) is 0 Å². The molecule has 0 saturated heterocycles. The lowest BCUT2D eigenvalue weighted by Crippen LogP contribution is -2.26. The Morgan fingerprint density at radius 3 is 2.36 bits per heavy atom. The Morgan fingerprint density at radius 1 is 1.29 bits per heavy atom. The summed E-state index contributed by atoms with van der Waals surface area (Å²) in [6.45, 7) is -0.179. The van der Waals surface area contributed by atoms with Crippen LogP contribution < -0.4 is 11.1 Å². The molecule has 0 bridgehead atoms. The van der Waals surface area contributed by atoms with Crippen molar-refractivity contribution in [3.05, 3.63) is 24.3 Å². The summed E-state index contributed by atoms with van der Waals surface area (Å²) in [6, 6.07) is 6.62. The van der Waals surface area contributed by atoms with Crippen LogP contribution in [-0.4, -0.2) is 24.2 Å². The Labute approximate surface area is 80.5 Å². The number of nitrogens with one attached hydrogen (secondary N) is 1. The summed E-state index contributed by atoms with van der Waals surface area (Å²) < 4.78 is 23.8. The molecule has 0 radical (unpaired) electrons. The molecule has 0 aromatic heterocycles. The first-order valence-electron chi connectivity index (χ1n) is 4.15. The summed E-state index contributed by atoms with van der Waals surface area (Å²) in [7, 11) is 0. The van der Waals surface area contributed by atoms with Gasteiger partial charge in [0, 0.05) is 17.9 Å². The summed E-state index contributed by atoms with van der Waals surface area (Å²) in [5.41, 5.74) is 6.69. The SMILES string of the molecule is Nc1ccc(NCC(O)C(F)F)cc1. The van der Waals surface area contributed by atoms with Crippen molar-refractivity contribution in [3.63, 3.8) is 0 Å². The standard InChI is InChI=1S/C9H12F2N2O/c10-9(11)8(14)5-13-7-3-1-6(12)2-4-7/h1-4,8-9,13-14H,5,12H2. The number of alkyl halides is 2. The molecule has 0 fully saturated rings. The van der Waals surface area contributed by atoms with Crippen molar-refractivity contribution in [1.82, 2.24) is 0 Å². The molecule has 1 unspecified atom stereocenters. The van der Waals surface area contributed by atoms with Crippen LogP contribution in [0.1, 0.15) is 0 Å². The van der Waals surface area contributed by atoms with Crippen LogP contribution in [0.25, 0.3) is 0 Å². The average molecular weight is 202 g/mol. The van der Waals surface area contributed by atoms with Gasteiger partial charge < -0.3 is 16.2 Å². The van der Waals surface area contributed by atoms with Crippen LogP contribution >= 0.6 is 0 Å². The second kappa shape index (κ2) is 4.76. The smallest absolute Gasteiger partial charge is 0.265 e. The molecule has 3 nitrogen and oxygen atoms in total. The number of hydrogen-bond donors (Lipinski definition) is 3. The van der Waals surface area contributed by atoms with E-state index in [1.807, 2.05) is 0 Å². The quantitative estimate of drug-likeness (QED) is 0.645. The van der Waals surface area contributed by atoms with Crippen LogP contribution in [0.2, 0.25) is 0 Å². The second-order valence-electron chi connectivity index (χ2n) is 2.90. The lowest BCUT2D eigenvalue weighted by Gasteiger charge is -2.11. The molecule has 5 heteroatoms. The number of nitrogens with two attached hydrogens (primary N) is 1. The number of benzene rings is 1. The largest absolute Gasteiger partial charge is 0.399 e. The molecule has 0 spiro atoms. The molecule has 0 heterocycles. The number of rotatable bonds is 4. The Kier molecular flexibility index (Phi) is 3.64. The minimum Gasteiger partial charge on any atom is -0.399 e. The van der Waals surface area contributed by atoms with Crippen molar-refractivity contribution >= 4 is 11.4 Å². The minimum atomic E-state index is -2.73. The molecule has 14 heavy (non-hydrogen) atoms. The summed E-state index contributed by atoms with van der Waals surface area (Å²) in [5, 5.41) is 11.5. The molecule has 0 aliphatic heterocycles. The van der Waals surface area contributed by atoms with E-state index in [0.717, 1.165) is 0 Å². The lowest BCUT2D eigenvalue weighted by molar-refractivity contribution is 0.00384. The third-order valence-electron chi connectivity index (χ3n) is 1.72. The maximum Gasteiger partial charge on any atom is 0.265 e. The summed E-state index contributed by atoms with van der Waals surface area (Å²) in [6.07, 6.45) is -4.37. The van der Waals surface area contributed by atoms with E-state index in [1.54, 1.807) is 24.3 Å². The fourth-order valence-electron chi connectivity index (χ4n) is 0.912. The molecule has 0 aliphatic carbocycles. The van der Waals surface area contributed by atoms with Crippen molar-refractivity contribution in [1.29, 1.82) is 0 Å². The van der Waals surface area contributed by atoms with Crippen LogP contribution in [-0.2, 0) is 0 Å². The van der Waals surface area contributed by atoms with E-state index < -0.39 is 12.5 Å². The van der Waals surface area contributed by atoms with Crippen LogP contribution in [0, 0.1) is 0 Å². The van der Waals surface area contributed by atoms with Crippen molar-refractivity contribution in [2.75, 3.05) is 17.6 Å². The zero-order valence-electron chi connectivity index (χ0n) is 7.45. The van der Waals surface area contributed by atoms with Crippen molar-refractivity contribution < 1.29 is 13.9 Å². The molecule has 0 amide bonds. The normalized spacial score (nSPS) is 12.9. The molecular weight excluding hydrogens is 190 g/mol. The van der Waals surface area contributed by atoms with Gasteiger partial charge in [-0.2, -0.15) is 0 Å². The fraction of sp³-hybridized carbons (Fsp3) is 0.333. The Hall–Kier alpha value is -1.36. The highest BCUT2D eigenvalue weighted by Crippen LogP contribution is 2.11. The van der Waals surface area contributed by atoms with Gasteiger partial charge in [0.25, 0.3) is 6.43 Å². The Morgan fingerprint density at radius 2 is 1.86 bits per heavy atom. The van der Waals surface area contributed by atoms with Crippen LogP contribution in [0.3, 0.4) is 0 Å². The summed E-state index contributed by atoms with van der Waals surface area (Å²) in [4.78, 5) is 0. The van der Waals surface area contributed by atoms with Crippen LogP contribution in [0.5, 0.6) is 0 Å². The Bertz CT molecular complexity index is 277. The molecule has 1 aromatic rings. The summed E-state index contributed by atoms with van der Waals surface area (Å²) in [5.74, 6) is 0. The van der Waals surface area contributed by atoms with Gasteiger partial charge in [-0.3, -0.25) is 0 Å². The monoisotopic (exact) mass is 202 g/mol. The molecule has 0 aliphatic rings. The number of nitrogen functional groups attached to an aromatic ring is 1. The number of anilines is 2. The zero-order valence-corrected chi connectivity index (χ0v) is 7.45. The molecule has 1 aromatic carbocycles. The van der Waals surface area contributed by atoms with Gasteiger partial charge in [-0.25, -0.2) is 8.78 Å². The first kappa shape index (κ1) is 10.7. The van der Waals surface area contributed by atoms with E-state index in [2.05, 4.69) is 5.32 Å². The number of aliphatic hydroxyl groups is 1. The first-order valence-corrected chi connectivity index (χ1v) is 4.15. The van der Waals surface area contributed by atoms with Gasteiger partial charge in [-0.1, -0.05) is 0 Å². The highest BCUT2D eigenvalue weighted by Gasteiger charge is 2.15. The van der Waals surface area contributed by atoms with E-state index in [9.17, 15) is 8.78 Å². The van der Waals surface area contributed by atoms with E-state index in [4.69, 9.17) is 10.8 Å². The second-order valence-corrected chi connectivity index (χ2v) is 2.90. The molecular formula is C9H12F2N2O. The molecule has 1 rings (SSSR count). The molecule has 78 valence electrons. The van der Waals surface area contributed by atoms with Crippen molar-refractivity contribution in [2.45, 2.75) is 12.5 Å². The predicted molar refractivity (Wildman–Crippen MR) is 51.4 cm³/mol. The average Bonchev–Trinajstić information content (AvgIpc) is 2.16. The van der Waals surface area contributed by atoms with Crippen LogP contribution in [0.4, 0.5) is 20.2 Å². The van der Waals surface area contributed by atoms with E-state index in [-0.39, 0.29) is 6.54 Å². The highest BCUT2D eigenvalue weighted by atomic mass is 19.3. The van der Waals surface area contributed by atoms with Gasteiger partial charge in [0.2, 0.25) is 0 Å². The number of aliphatic hydroxyl groups excluding tert-OH is 1. The zero-order chi connectivity index (χ0) is 10.6. The topological polar surface area (TPSA) is 58.3 Å². The maximum atomic E-state index is 11.9. The van der Waals surface area contributed by atoms with E-state index >= 15 is 0 Å². The van der Waals surface area contributed by atoms with Gasteiger partial charge in [-0.15, -0.1) is 0 Å². The van der Waals surface area contributed by atoms with Gasteiger partial charge in [-0.05, 0) is 24.3 Å². The van der Waals surface area contributed by atoms with Crippen LogP contribution in [0.15, 0.2) is 24.3 Å². The van der Waals surface area contributed by atoms with Gasteiger partial charge in [0.05, 0.1) is 0 Å².